The molecule has 0 saturated heterocycles. The molecule has 4 nitrogen and oxygen atoms in total. The van der Waals surface area contributed by atoms with Crippen LogP contribution in [0.3, 0.4) is 0 Å². The highest BCUT2D eigenvalue weighted by molar-refractivity contribution is 5.95. The van der Waals surface area contributed by atoms with Crippen LogP contribution in [0, 0.1) is 56.7 Å². The number of pyridine rings is 1. The highest BCUT2D eigenvalue weighted by Gasteiger charge is 2.71. The number of allylic oxidation sites excluding steroid dienone is 1. The van der Waals surface area contributed by atoms with E-state index in [2.05, 4.69) is 39.6 Å². The summed E-state index contributed by atoms with van der Waals surface area (Å²) in [6, 6.07) is 3.90. The van der Waals surface area contributed by atoms with Gasteiger partial charge in [-0.15, -0.1) is 0 Å². The highest BCUT2D eigenvalue weighted by Crippen LogP contribution is 2.77. The monoisotopic (exact) mass is 533 g/mol. The average Bonchev–Trinajstić information content (AvgIpc) is 3.31. The molecule has 0 bridgehead atoms. The van der Waals surface area contributed by atoms with Gasteiger partial charge >= 0.3 is 0 Å². The molecule has 5 fully saturated rings. The molecule has 4 heteroatoms. The van der Waals surface area contributed by atoms with E-state index in [0.717, 1.165) is 37.7 Å². The lowest BCUT2D eigenvalue weighted by atomic mass is 9.32. The summed E-state index contributed by atoms with van der Waals surface area (Å²) in [5.74, 6) is 2.20. The maximum atomic E-state index is 13.8. The molecule has 39 heavy (non-hydrogen) atoms. The predicted octanol–water partition coefficient (Wildman–Crippen LogP) is 7.10. The lowest BCUT2D eigenvalue weighted by molar-refractivity contribution is -0.249. The van der Waals surface area contributed by atoms with Gasteiger partial charge in [-0.3, -0.25) is 9.78 Å². The minimum absolute atomic E-state index is 0.00512. The first-order chi connectivity index (χ1) is 18.4. The maximum Gasteiger partial charge on any atom is 0.159 e. The normalized spacial score (nSPS) is 48.6. The number of aliphatic hydroxyl groups excluding tert-OH is 2. The van der Waals surface area contributed by atoms with Crippen molar-refractivity contribution in [3.63, 3.8) is 0 Å². The van der Waals surface area contributed by atoms with E-state index >= 15 is 0 Å². The fourth-order valence-electron chi connectivity index (χ4n) is 12.1. The molecule has 0 radical (unpaired) electrons. The number of fused-ring (bicyclic) bond motifs is 7. The lowest BCUT2D eigenvalue weighted by Gasteiger charge is -2.72. The zero-order chi connectivity index (χ0) is 27.8. The number of nitrogens with zero attached hydrogens (tertiary/aromatic N) is 1. The van der Waals surface area contributed by atoms with Gasteiger partial charge in [-0.25, -0.2) is 0 Å². The predicted molar refractivity (Wildman–Crippen MR) is 156 cm³/mol. The summed E-state index contributed by atoms with van der Waals surface area (Å²) in [5.41, 5.74) is 1.48. The van der Waals surface area contributed by atoms with Crippen LogP contribution in [0.5, 0.6) is 0 Å². The Morgan fingerprint density at radius 2 is 1.74 bits per heavy atom. The molecule has 0 aromatic carbocycles. The summed E-state index contributed by atoms with van der Waals surface area (Å²) >= 11 is 0. The Balaban J connectivity index is 1.33. The molecule has 10 atom stereocenters. The Bertz CT molecular complexity index is 1130. The Labute approximate surface area is 236 Å². The molecular formula is C35H51NO3. The Morgan fingerprint density at radius 3 is 2.46 bits per heavy atom. The van der Waals surface area contributed by atoms with Crippen LogP contribution in [-0.2, 0) is 4.79 Å². The van der Waals surface area contributed by atoms with Gasteiger partial charge in [0.1, 0.15) is 0 Å². The SMILES string of the molecule is CC1(C)[C@@H](O)CC[C@]2(C)[C@H]3CC[C@@H]4[C@H]5[C@H](C(=O)/C=C/c6cccnc6)CC[C@]5(CO)CC[C@@]4(C)[C@]3(C)CC[C@@H]12. The van der Waals surface area contributed by atoms with Crippen LogP contribution in [0.2, 0.25) is 0 Å². The number of ketones is 1. The molecular weight excluding hydrogens is 482 g/mol. The molecule has 5 saturated carbocycles. The molecule has 6 rings (SSSR count). The van der Waals surface area contributed by atoms with Gasteiger partial charge in [-0.05, 0) is 139 Å². The second kappa shape index (κ2) is 9.24. The van der Waals surface area contributed by atoms with Crippen LogP contribution in [0.1, 0.15) is 104 Å². The summed E-state index contributed by atoms with van der Waals surface area (Å²) < 4.78 is 0. The summed E-state index contributed by atoms with van der Waals surface area (Å²) in [4.78, 5) is 18.0. The average molecular weight is 534 g/mol. The van der Waals surface area contributed by atoms with Crippen molar-refractivity contribution in [3.05, 3.63) is 36.2 Å². The van der Waals surface area contributed by atoms with Crippen molar-refractivity contribution < 1.29 is 15.0 Å². The van der Waals surface area contributed by atoms with Crippen LogP contribution in [0.15, 0.2) is 30.6 Å². The van der Waals surface area contributed by atoms with Gasteiger partial charge in [0, 0.05) is 24.9 Å². The summed E-state index contributed by atoms with van der Waals surface area (Å²) in [6.45, 7) is 12.6. The molecule has 214 valence electrons. The standard InChI is InChI=1S/C35H51NO3/c1-31(2)27-13-16-34(5)28(32(27,3)15-14-29(31)39)11-9-25-30-24(26(38)10-8-23-7-6-20-36-21-23)12-17-35(30,22-37)19-18-33(25,34)4/h6-8,10,20-21,24-25,27-30,37,39H,9,11-19,22H2,1-5H3/b10-8+/t24-,25+,27-,28+,29-,30+,32-,33+,34+,35+/m0/s1. The van der Waals surface area contributed by atoms with Crippen molar-refractivity contribution in [2.75, 3.05) is 6.61 Å². The Kier molecular flexibility index (Phi) is 6.55. The third kappa shape index (κ3) is 3.75. The first-order valence-corrected chi connectivity index (χ1v) is 15.8. The van der Waals surface area contributed by atoms with Gasteiger partial charge in [-0.2, -0.15) is 0 Å². The van der Waals surface area contributed by atoms with Crippen LogP contribution < -0.4 is 0 Å². The summed E-state index contributed by atoms with van der Waals surface area (Å²) in [7, 11) is 0. The fraction of sp³-hybridized carbons (Fsp3) is 0.771. The van der Waals surface area contributed by atoms with E-state index in [1.165, 1.54) is 32.1 Å². The molecule has 0 spiro atoms. The number of aromatic nitrogens is 1. The van der Waals surface area contributed by atoms with Gasteiger partial charge in [0.05, 0.1) is 6.10 Å². The second-order valence-corrected chi connectivity index (χ2v) is 15.8. The van der Waals surface area contributed by atoms with Crippen LogP contribution in [-0.4, -0.2) is 33.7 Å². The lowest BCUT2D eigenvalue weighted by Crippen LogP contribution is -2.67. The molecule has 0 aliphatic heterocycles. The number of hydrogen-bond donors (Lipinski definition) is 2. The molecule has 5 aliphatic carbocycles. The van der Waals surface area contributed by atoms with Gasteiger partial charge < -0.3 is 10.2 Å². The third-order valence-electron chi connectivity index (χ3n) is 14.4. The van der Waals surface area contributed by atoms with E-state index in [-0.39, 0.29) is 57.4 Å². The third-order valence-corrected chi connectivity index (χ3v) is 14.4. The minimum atomic E-state index is -0.198. The largest absolute Gasteiger partial charge is 0.396 e. The molecule has 1 aromatic rings. The highest BCUT2D eigenvalue weighted by atomic mass is 16.3. The van der Waals surface area contributed by atoms with E-state index in [1.54, 1.807) is 18.5 Å². The topological polar surface area (TPSA) is 70.4 Å². The Hall–Kier alpha value is -1.52. The zero-order valence-corrected chi connectivity index (χ0v) is 25.0. The van der Waals surface area contributed by atoms with Crippen molar-refractivity contribution in [1.82, 2.24) is 4.98 Å². The summed E-state index contributed by atoms with van der Waals surface area (Å²) in [6.07, 6.45) is 18.1. The van der Waals surface area contributed by atoms with Gasteiger partial charge in [0.25, 0.3) is 0 Å². The van der Waals surface area contributed by atoms with E-state index in [4.69, 9.17) is 0 Å². The van der Waals surface area contributed by atoms with Crippen LogP contribution in [0.4, 0.5) is 0 Å². The maximum absolute atomic E-state index is 13.8. The number of hydrogen-bond acceptors (Lipinski definition) is 4. The van der Waals surface area contributed by atoms with Crippen molar-refractivity contribution in [3.8, 4) is 0 Å². The van der Waals surface area contributed by atoms with E-state index in [0.29, 0.717) is 17.8 Å². The second-order valence-electron chi connectivity index (χ2n) is 15.8. The van der Waals surface area contributed by atoms with Gasteiger partial charge in [-0.1, -0.05) is 40.7 Å². The van der Waals surface area contributed by atoms with Crippen molar-refractivity contribution in [2.24, 2.45) is 56.7 Å². The first kappa shape index (κ1) is 27.6. The smallest absolute Gasteiger partial charge is 0.159 e. The van der Waals surface area contributed by atoms with Gasteiger partial charge in [0.15, 0.2) is 5.78 Å². The number of rotatable bonds is 4. The molecule has 2 N–H and O–H groups in total. The van der Waals surface area contributed by atoms with Crippen LogP contribution >= 0.6 is 0 Å². The molecule has 5 aliphatic rings. The summed E-state index contributed by atoms with van der Waals surface area (Å²) in [5, 5.41) is 21.8. The van der Waals surface area contributed by atoms with Crippen LogP contribution in [0.25, 0.3) is 6.08 Å². The Morgan fingerprint density at radius 1 is 0.949 bits per heavy atom. The van der Waals surface area contributed by atoms with E-state index in [1.807, 2.05) is 18.2 Å². The molecule has 0 unspecified atom stereocenters. The van der Waals surface area contributed by atoms with Gasteiger partial charge in [0.2, 0.25) is 0 Å². The minimum Gasteiger partial charge on any atom is -0.396 e. The fourth-order valence-corrected chi connectivity index (χ4v) is 12.1. The molecule has 0 amide bonds. The van der Waals surface area contributed by atoms with Crippen molar-refractivity contribution in [2.45, 2.75) is 105 Å². The van der Waals surface area contributed by atoms with E-state index < -0.39 is 0 Å². The number of aliphatic hydroxyl groups is 2. The van der Waals surface area contributed by atoms with Crippen molar-refractivity contribution >= 4 is 11.9 Å². The first-order valence-electron chi connectivity index (χ1n) is 15.8. The van der Waals surface area contributed by atoms with E-state index in [9.17, 15) is 15.0 Å². The number of carbonyl (C=O) groups is 1. The molecule has 1 heterocycles. The van der Waals surface area contributed by atoms with Crippen molar-refractivity contribution in [1.29, 1.82) is 0 Å². The quantitative estimate of drug-likeness (QED) is 0.405. The number of carbonyl (C=O) groups excluding carboxylic acids is 1. The zero-order valence-electron chi connectivity index (χ0n) is 25.0. The molecule has 1 aromatic heterocycles.